The zero-order chi connectivity index (χ0) is 24.2. The SMILES string of the molecule is CC1(C)CC(=O)C2=C(C1)Nc1c(O)cccc1N(C(=O)c1ccco1)C2c1ccc(Cl)cc1Cl. The molecule has 174 valence electrons. The second kappa shape index (κ2) is 8.22. The first kappa shape index (κ1) is 22.6. The van der Waals surface area contributed by atoms with E-state index in [1.165, 1.54) is 17.2 Å². The van der Waals surface area contributed by atoms with Crippen molar-refractivity contribution in [2.24, 2.45) is 5.41 Å². The van der Waals surface area contributed by atoms with Crippen LogP contribution in [0, 0.1) is 5.41 Å². The van der Waals surface area contributed by atoms with Gasteiger partial charge in [0.05, 0.1) is 18.0 Å². The van der Waals surface area contributed by atoms with Gasteiger partial charge in [0.1, 0.15) is 11.4 Å². The van der Waals surface area contributed by atoms with Crippen molar-refractivity contribution >= 4 is 46.3 Å². The maximum atomic E-state index is 13.9. The number of phenolic OH excluding ortho intramolecular Hbond substituents is 1. The van der Waals surface area contributed by atoms with Gasteiger partial charge >= 0.3 is 0 Å². The quantitative estimate of drug-likeness (QED) is 0.383. The molecule has 1 aliphatic heterocycles. The number of hydrogen-bond acceptors (Lipinski definition) is 5. The molecule has 0 radical (unpaired) electrons. The van der Waals surface area contributed by atoms with Crippen molar-refractivity contribution < 1.29 is 19.1 Å². The molecule has 2 N–H and O–H groups in total. The fourth-order valence-corrected chi connectivity index (χ4v) is 5.31. The summed E-state index contributed by atoms with van der Waals surface area (Å²) in [6, 6.07) is 12.2. The number of anilines is 2. The van der Waals surface area contributed by atoms with Gasteiger partial charge in [0, 0.05) is 27.7 Å². The Labute approximate surface area is 206 Å². The fourth-order valence-electron chi connectivity index (χ4n) is 4.80. The molecule has 1 aromatic heterocycles. The summed E-state index contributed by atoms with van der Waals surface area (Å²) < 4.78 is 5.43. The number of phenols is 1. The number of hydrogen-bond donors (Lipinski definition) is 2. The Morgan fingerprint density at radius 2 is 1.94 bits per heavy atom. The van der Waals surface area contributed by atoms with Crippen molar-refractivity contribution in [3.05, 3.63) is 87.4 Å². The summed E-state index contributed by atoms with van der Waals surface area (Å²) in [7, 11) is 0. The minimum absolute atomic E-state index is 0.0414. The van der Waals surface area contributed by atoms with E-state index in [1.54, 1.807) is 42.5 Å². The number of benzene rings is 2. The first-order chi connectivity index (χ1) is 16.2. The molecule has 1 amide bonds. The number of halogens is 2. The third kappa shape index (κ3) is 3.77. The van der Waals surface area contributed by atoms with Crippen molar-refractivity contribution in [2.45, 2.75) is 32.7 Å². The molecule has 0 saturated carbocycles. The van der Waals surface area contributed by atoms with Crippen LogP contribution < -0.4 is 10.2 Å². The zero-order valence-corrected chi connectivity index (χ0v) is 20.1. The lowest BCUT2D eigenvalue weighted by Crippen LogP contribution is -2.39. The Morgan fingerprint density at radius 3 is 2.65 bits per heavy atom. The highest BCUT2D eigenvalue weighted by molar-refractivity contribution is 6.35. The van der Waals surface area contributed by atoms with E-state index in [9.17, 15) is 14.7 Å². The van der Waals surface area contributed by atoms with Gasteiger partial charge in [0.2, 0.25) is 0 Å². The number of carbonyl (C=O) groups excluding carboxylic acids is 2. The highest BCUT2D eigenvalue weighted by Crippen LogP contribution is 2.51. The summed E-state index contributed by atoms with van der Waals surface area (Å²) >= 11 is 12.8. The van der Waals surface area contributed by atoms with Gasteiger partial charge < -0.3 is 14.8 Å². The van der Waals surface area contributed by atoms with Gasteiger partial charge in [0.25, 0.3) is 5.91 Å². The molecule has 0 saturated heterocycles. The molecule has 1 atom stereocenters. The smallest absolute Gasteiger partial charge is 0.294 e. The Hall–Kier alpha value is -3.22. The monoisotopic (exact) mass is 496 g/mol. The highest BCUT2D eigenvalue weighted by Gasteiger charge is 2.45. The van der Waals surface area contributed by atoms with Crippen LogP contribution in [0.2, 0.25) is 10.0 Å². The zero-order valence-electron chi connectivity index (χ0n) is 18.6. The first-order valence-electron chi connectivity index (χ1n) is 10.8. The molecular weight excluding hydrogens is 475 g/mol. The standard InChI is InChI=1S/C26H22Cl2N2O4/c1-26(2)12-17-22(20(32)13-26)24(15-9-8-14(27)11-16(15)28)30(25(33)21-7-4-10-34-21)18-5-3-6-19(31)23(18)29-17/h3-11,24,29,31H,12-13H2,1-2H3. The highest BCUT2D eigenvalue weighted by atomic mass is 35.5. The van der Waals surface area contributed by atoms with Gasteiger partial charge in [-0.3, -0.25) is 14.5 Å². The van der Waals surface area contributed by atoms with Crippen LogP contribution >= 0.6 is 23.2 Å². The Balaban J connectivity index is 1.85. The lowest BCUT2D eigenvalue weighted by Gasteiger charge is -2.37. The van der Waals surface area contributed by atoms with E-state index < -0.39 is 11.9 Å². The molecule has 34 heavy (non-hydrogen) atoms. The number of rotatable bonds is 2. The number of fused-ring (bicyclic) bond motifs is 1. The van der Waals surface area contributed by atoms with Gasteiger partial charge in [-0.15, -0.1) is 0 Å². The van der Waals surface area contributed by atoms with Crippen LogP contribution in [0.3, 0.4) is 0 Å². The predicted octanol–water partition coefficient (Wildman–Crippen LogP) is 6.75. The van der Waals surface area contributed by atoms with Gasteiger partial charge in [-0.1, -0.05) is 49.2 Å². The molecule has 0 spiro atoms. The van der Waals surface area contributed by atoms with E-state index >= 15 is 0 Å². The third-order valence-corrected chi connectivity index (χ3v) is 6.78. The Bertz CT molecular complexity index is 1340. The first-order valence-corrected chi connectivity index (χ1v) is 11.6. The number of nitrogens with zero attached hydrogens (tertiary/aromatic N) is 1. The van der Waals surface area contributed by atoms with E-state index in [0.29, 0.717) is 51.1 Å². The number of para-hydroxylation sites is 1. The lowest BCUT2D eigenvalue weighted by molar-refractivity contribution is -0.118. The Kier molecular flexibility index (Phi) is 5.46. The number of Topliss-reactive ketones (excluding diaryl/α,β-unsaturated/α-hetero) is 1. The van der Waals surface area contributed by atoms with Gasteiger partial charge in [-0.05, 0) is 53.8 Å². The molecule has 2 heterocycles. The van der Waals surface area contributed by atoms with Crippen molar-refractivity contribution in [1.29, 1.82) is 0 Å². The molecule has 3 aromatic rings. The van der Waals surface area contributed by atoms with Crippen molar-refractivity contribution in [2.75, 3.05) is 10.2 Å². The van der Waals surface area contributed by atoms with Crippen LogP contribution in [0.4, 0.5) is 11.4 Å². The maximum absolute atomic E-state index is 13.9. The van der Waals surface area contributed by atoms with Crippen LogP contribution in [0.15, 0.2) is 70.5 Å². The van der Waals surface area contributed by atoms with Gasteiger partial charge in [-0.2, -0.15) is 0 Å². The lowest BCUT2D eigenvalue weighted by atomic mass is 9.73. The summed E-state index contributed by atoms with van der Waals surface area (Å²) in [5, 5.41) is 14.8. The van der Waals surface area contributed by atoms with Crippen molar-refractivity contribution in [3.63, 3.8) is 0 Å². The summed E-state index contributed by atoms with van der Waals surface area (Å²) in [5.41, 5.74) is 2.06. The number of ketones is 1. The minimum atomic E-state index is -0.864. The van der Waals surface area contributed by atoms with E-state index in [2.05, 4.69) is 5.32 Å². The number of allylic oxidation sites excluding steroid dienone is 1. The summed E-state index contributed by atoms with van der Waals surface area (Å²) in [6.45, 7) is 4.03. The van der Waals surface area contributed by atoms with Gasteiger partial charge in [-0.25, -0.2) is 0 Å². The second-order valence-corrected chi connectivity index (χ2v) is 10.2. The van der Waals surface area contributed by atoms with Crippen molar-refractivity contribution in [3.8, 4) is 5.75 Å². The van der Waals surface area contributed by atoms with E-state index in [1.807, 2.05) is 13.8 Å². The molecule has 8 heteroatoms. The van der Waals surface area contributed by atoms with Crippen LogP contribution in [-0.2, 0) is 4.79 Å². The van der Waals surface area contributed by atoms with E-state index in [-0.39, 0.29) is 22.7 Å². The molecule has 5 rings (SSSR count). The molecule has 0 fully saturated rings. The third-order valence-electron chi connectivity index (χ3n) is 6.22. The topological polar surface area (TPSA) is 82.8 Å². The number of carbonyl (C=O) groups is 2. The maximum Gasteiger partial charge on any atom is 0.294 e. The molecule has 1 unspecified atom stereocenters. The van der Waals surface area contributed by atoms with Crippen LogP contribution in [-0.4, -0.2) is 16.8 Å². The number of furan rings is 1. The van der Waals surface area contributed by atoms with E-state index in [0.717, 1.165) is 0 Å². The molecule has 2 aromatic carbocycles. The molecule has 2 aliphatic rings. The molecule has 1 aliphatic carbocycles. The number of nitrogens with one attached hydrogen (secondary N) is 1. The summed E-state index contributed by atoms with van der Waals surface area (Å²) in [4.78, 5) is 29.0. The summed E-state index contributed by atoms with van der Waals surface area (Å²) in [5.74, 6) is -0.516. The van der Waals surface area contributed by atoms with Crippen LogP contribution in [0.1, 0.15) is 48.8 Å². The number of amides is 1. The predicted molar refractivity (Wildman–Crippen MR) is 131 cm³/mol. The summed E-state index contributed by atoms with van der Waals surface area (Å²) in [6.07, 6.45) is 2.27. The minimum Gasteiger partial charge on any atom is -0.506 e. The van der Waals surface area contributed by atoms with Crippen LogP contribution in [0.5, 0.6) is 5.75 Å². The van der Waals surface area contributed by atoms with Gasteiger partial charge in [0.15, 0.2) is 11.5 Å². The normalized spacial score (nSPS) is 19.2. The molecular formula is C26H22Cl2N2O4. The molecule has 6 nitrogen and oxygen atoms in total. The van der Waals surface area contributed by atoms with E-state index in [4.69, 9.17) is 27.6 Å². The average Bonchev–Trinajstić information content (AvgIpc) is 3.24. The second-order valence-electron chi connectivity index (χ2n) is 9.35. The largest absolute Gasteiger partial charge is 0.506 e. The number of aromatic hydroxyl groups is 1. The Morgan fingerprint density at radius 1 is 1.15 bits per heavy atom. The fraction of sp³-hybridized carbons (Fsp3) is 0.231. The van der Waals surface area contributed by atoms with Crippen molar-refractivity contribution in [1.82, 2.24) is 0 Å². The molecule has 0 bridgehead atoms. The van der Waals surface area contributed by atoms with Crippen LogP contribution in [0.25, 0.3) is 0 Å². The average molecular weight is 497 g/mol.